The molecular weight excluding hydrogens is 330 g/mol. The number of carbonyl (C=O) groups excluding carboxylic acids is 1. The summed E-state index contributed by atoms with van der Waals surface area (Å²) in [6.07, 6.45) is 6.40. The summed E-state index contributed by atoms with van der Waals surface area (Å²) in [6.45, 7) is 2.02. The number of rotatable bonds is 5. The first kappa shape index (κ1) is 17.9. The summed E-state index contributed by atoms with van der Waals surface area (Å²) >= 11 is 0. The van der Waals surface area contributed by atoms with E-state index < -0.39 is 5.97 Å². The predicted molar refractivity (Wildman–Crippen MR) is 101 cm³/mol. The Hall–Kier alpha value is -2.89. The summed E-state index contributed by atoms with van der Waals surface area (Å²) in [6, 6.07) is 10.5. The van der Waals surface area contributed by atoms with Crippen LogP contribution in [0.25, 0.3) is 0 Å². The van der Waals surface area contributed by atoms with Crippen molar-refractivity contribution in [3.05, 3.63) is 53.7 Å². The van der Waals surface area contributed by atoms with Crippen molar-refractivity contribution in [2.24, 2.45) is 0 Å². The molecule has 0 saturated carbocycles. The number of carboxylic acid groups (broad SMARTS) is 1. The van der Waals surface area contributed by atoms with Crippen LogP contribution in [0.5, 0.6) is 0 Å². The molecule has 2 aromatic rings. The molecule has 1 aliphatic heterocycles. The van der Waals surface area contributed by atoms with Crippen molar-refractivity contribution in [1.82, 2.24) is 4.98 Å². The van der Waals surface area contributed by atoms with Crippen LogP contribution in [0.4, 0.5) is 11.5 Å². The Labute approximate surface area is 152 Å². The van der Waals surface area contributed by atoms with Crippen LogP contribution in [0.15, 0.2) is 42.6 Å². The Bertz CT molecular complexity index is 766. The maximum atomic E-state index is 12.4. The highest BCUT2D eigenvalue weighted by atomic mass is 16.4. The fraction of sp³-hybridized carbons (Fsp3) is 0.350. The maximum absolute atomic E-state index is 12.4. The van der Waals surface area contributed by atoms with Gasteiger partial charge in [-0.15, -0.1) is 0 Å². The Morgan fingerprint density at radius 1 is 1.08 bits per heavy atom. The molecule has 0 atom stereocenters. The number of aromatic nitrogens is 1. The third-order valence-electron chi connectivity index (χ3n) is 4.48. The van der Waals surface area contributed by atoms with Gasteiger partial charge in [0.25, 0.3) is 5.91 Å². The van der Waals surface area contributed by atoms with Crippen LogP contribution in [0.3, 0.4) is 0 Å². The van der Waals surface area contributed by atoms with Gasteiger partial charge in [-0.25, -0.2) is 4.98 Å². The summed E-state index contributed by atoms with van der Waals surface area (Å²) in [4.78, 5) is 29.9. The summed E-state index contributed by atoms with van der Waals surface area (Å²) in [5, 5.41) is 11.7. The van der Waals surface area contributed by atoms with Crippen molar-refractivity contribution < 1.29 is 14.7 Å². The molecule has 0 aliphatic carbocycles. The number of benzene rings is 1. The van der Waals surface area contributed by atoms with Crippen molar-refractivity contribution in [3.8, 4) is 0 Å². The van der Waals surface area contributed by atoms with Crippen molar-refractivity contribution in [1.29, 1.82) is 0 Å². The molecule has 1 aromatic carbocycles. The number of nitrogens with one attached hydrogen (secondary N) is 1. The summed E-state index contributed by atoms with van der Waals surface area (Å²) < 4.78 is 0. The minimum absolute atomic E-state index is 0.0736. The second-order valence-electron chi connectivity index (χ2n) is 6.53. The van der Waals surface area contributed by atoms with Crippen molar-refractivity contribution >= 4 is 23.4 Å². The van der Waals surface area contributed by atoms with Gasteiger partial charge in [-0.2, -0.15) is 0 Å². The average Bonchev–Trinajstić information content (AvgIpc) is 2.91. The van der Waals surface area contributed by atoms with Gasteiger partial charge in [-0.3, -0.25) is 9.59 Å². The lowest BCUT2D eigenvalue weighted by Gasteiger charge is -2.21. The van der Waals surface area contributed by atoms with Crippen LogP contribution in [0.2, 0.25) is 0 Å². The summed E-state index contributed by atoms with van der Waals surface area (Å²) in [5.74, 6) is -0.249. The van der Waals surface area contributed by atoms with Crippen LogP contribution in [-0.2, 0) is 11.2 Å². The molecule has 1 aromatic heterocycles. The molecule has 6 heteroatoms. The topological polar surface area (TPSA) is 82.5 Å². The fourth-order valence-corrected chi connectivity index (χ4v) is 3.14. The summed E-state index contributed by atoms with van der Waals surface area (Å²) in [7, 11) is 0. The lowest BCUT2D eigenvalue weighted by Crippen LogP contribution is -2.25. The molecule has 0 radical (unpaired) electrons. The first-order valence-corrected chi connectivity index (χ1v) is 8.95. The third kappa shape index (κ3) is 4.81. The minimum Gasteiger partial charge on any atom is -0.481 e. The van der Waals surface area contributed by atoms with Crippen LogP contribution >= 0.6 is 0 Å². The Morgan fingerprint density at radius 2 is 1.85 bits per heavy atom. The monoisotopic (exact) mass is 353 g/mol. The average molecular weight is 353 g/mol. The standard InChI is InChI=1S/C20H23N3O3/c24-19(25)13-15-6-5-7-17(12-15)22-20(26)16-8-9-18(21-14-16)23-10-3-1-2-4-11-23/h5-9,12,14H,1-4,10-11,13H2,(H,22,26)(H,24,25). The van der Waals surface area contributed by atoms with E-state index in [4.69, 9.17) is 5.11 Å². The van der Waals surface area contributed by atoms with E-state index in [1.54, 1.807) is 36.5 Å². The highest BCUT2D eigenvalue weighted by Gasteiger charge is 2.13. The van der Waals surface area contributed by atoms with Crippen LogP contribution in [0.1, 0.15) is 41.6 Å². The number of carboxylic acids is 1. The number of amides is 1. The number of nitrogens with zero attached hydrogens (tertiary/aromatic N) is 2. The first-order chi connectivity index (χ1) is 12.6. The highest BCUT2D eigenvalue weighted by molar-refractivity contribution is 6.04. The van der Waals surface area contributed by atoms with Crippen molar-refractivity contribution in [2.45, 2.75) is 32.1 Å². The molecule has 2 heterocycles. The second kappa shape index (κ2) is 8.47. The highest BCUT2D eigenvalue weighted by Crippen LogP contribution is 2.18. The van der Waals surface area contributed by atoms with Gasteiger partial charge in [-0.1, -0.05) is 25.0 Å². The van der Waals surface area contributed by atoms with E-state index in [0.29, 0.717) is 16.8 Å². The number of hydrogen-bond donors (Lipinski definition) is 2. The van der Waals surface area contributed by atoms with Gasteiger partial charge in [-0.05, 0) is 42.7 Å². The number of pyridine rings is 1. The van der Waals surface area contributed by atoms with E-state index >= 15 is 0 Å². The minimum atomic E-state index is -0.901. The first-order valence-electron chi connectivity index (χ1n) is 8.95. The van der Waals surface area contributed by atoms with Gasteiger partial charge < -0.3 is 15.3 Å². The Kier molecular flexibility index (Phi) is 5.84. The molecule has 0 unspecified atom stereocenters. The fourth-order valence-electron chi connectivity index (χ4n) is 3.14. The van der Waals surface area contributed by atoms with Crippen molar-refractivity contribution in [2.75, 3.05) is 23.3 Å². The van der Waals surface area contributed by atoms with Gasteiger partial charge in [0.2, 0.25) is 0 Å². The zero-order chi connectivity index (χ0) is 18.4. The molecule has 136 valence electrons. The summed E-state index contributed by atoms with van der Waals surface area (Å²) in [5.41, 5.74) is 1.70. The van der Waals surface area contributed by atoms with E-state index in [2.05, 4.69) is 15.2 Å². The van der Waals surface area contributed by atoms with E-state index in [-0.39, 0.29) is 12.3 Å². The zero-order valence-corrected chi connectivity index (χ0v) is 14.6. The normalized spacial score (nSPS) is 14.5. The van der Waals surface area contributed by atoms with E-state index in [9.17, 15) is 9.59 Å². The molecular formula is C20H23N3O3. The Balaban J connectivity index is 1.65. The molecule has 1 aliphatic rings. The predicted octanol–water partition coefficient (Wildman–Crippen LogP) is 3.34. The number of hydrogen-bond acceptors (Lipinski definition) is 4. The lowest BCUT2D eigenvalue weighted by atomic mass is 10.1. The molecule has 0 bridgehead atoms. The number of anilines is 2. The molecule has 1 fully saturated rings. The smallest absolute Gasteiger partial charge is 0.307 e. The van der Waals surface area contributed by atoms with Gasteiger partial charge in [0.1, 0.15) is 5.82 Å². The van der Waals surface area contributed by atoms with Gasteiger partial charge in [0, 0.05) is 25.0 Å². The zero-order valence-electron chi connectivity index (χ0n) is 14.6. The van der Waals surface area contributed by atoms with E-state index in [1.807, 2.05) is 6.07 Å². The third-order valence-corrected chi connectivity index (χ3v) is 4.48. The van der Waals surface area contributed by atoms with Gasteiger partial charge in [0.05, 0.1) is 12.0 Å². The number of aliphatic carboxylic acids is 1. The largest absolute Gasteiger partial charge is 0.481 e. The van der Waals surface area contributed by atoms with Gasteiger partial charge in [0.15, 0.2) is 0 Å². The van der Waals surface area contributed by atoms with Crippen LogP contribution in [0, 0.1) is 0 Å². The quantitative estimate of drug-likeness (QED) is 0.861. The molecule has 2 N–H and O–H groups in total. The van der Waals surface area contributed by atoms with Crippen LogP contribution in [-0.4, -0.2) is 35.1 Å². The second-order valence-corrected chi connectivity index (χ2v) is 6.53. The lowest BCUT2D eigenvalue weighted by molar-refractivity contribution is -0.136. The van der Waals surface area contributed by atoms with E-state index in [1.165, 1.54) is 25.7 Å². The molecule has 0 spiro atoms. The van der Waals surface area contributed by atoms with E-state index in [0.717, 1.165) is 18.9 Å². The molecule has 1 saturated heterocycles. The molecule has 6 nitrogen and oxygen atoms in total. The number of carbonyl (C=O) groups is 2. The SMILES string of the molecule is O=C(O)Cc1cccc(NC(=O)c2ccc(N3CCCCCC3)nc2)c1. The molecule has 3 rings (SSSR count). The molecule has 26 heavy (non-hydrogen) atoms. The van der Waals surface area contributed by atoms with Crippen LogP contribution < -0.4 is 10.2 Å². The maximum Gasteiger partial charge on any atom is 0.307 e. The van der Waals surface area contributed by atoms with Crippen molar-refractivity contribution in [3.63, 3.8) is 0 Å². The Morgan fingerprint density at radius 3 is 2.50 bits per heavy atom. The molecule has 1 amide bonds. The van der Waals surface area contributed by atoms with Gasteiger partial charge >= 0.3 is 5.97 Å².